The molecule has 8 nitrogen and oxygen atoms in total. The van der Waals surface area contributed by atoms with E-state index >= 15 is 0 Å². The van der Waals surface area contributed by atoms with Gasteiger partial charge in [-0.05, 0) is 56.0 Å². The number of carbonyl (C=O) groups is 1. The number of pyridine rings is 1. The molecule has 0 bridgehead atoms. The highest BCUT2D eigenvalue weighted by Gasteiger charge is 2.34. The van der Waals surface area contributed by atoms with Gasteiger partial charge in [-0.25, -0.2) is 13.1 Å². The summed E-state index contributed by atoms with van der Waals surface area (Å²) in [5.41, 5.74) is 2.06. The summed E-state index contributed by atoms with van der Waals surface area (Å²) < 4.78 is 33.8. The van der Waals surface area contributed by atoms with E-state index in [1.54, 1.807) is 36.7 Å². The van der Waals surface area contributed by atoms with Gasteiger partial charge >= 0.3 is 0 Å². The minimum absolute atomic E-state index is 0.130. The zero-order valence-corrected chi connectivity index (χ0v) is 18.3. The van der Waals surface area contributed by atoms with E-state index in [9.17, 15) is 18.3 Å². The van der Waals surface area contributed by atoms with Crippen molar-refractivity contribution in [1.29, 1.82) is 0 Å². The fraction of sp³-hybridized carbons (Fsp3) is 0.455. The molecule has 1 aromatic carbocycles. The van der Waals surface area contributed by atoms with Crippen molar-refractivity contribution in [2.24, 2.45) is 0 Å². The number of ether oxygens (including phenoxy) is 1. The predicted molar refractivity (Wildman–Crippen MR) is 116 cm³/mol. The van der Waals surface area contributed by atoms with Crippen LogP contribution in [0.1, 0.15) is 30.4 Å². The normalized spacial score (nSPS) is 21.5. The van der Waals surface area contributed by atoms with Crippen molar-refractivity contribution >= 4 is 15.9 Å². The number of nitrogens with one attached hydrogen (secondary N) is 2. The first-order valence-corrected chi connectivity index (χ1v) is 11.9. The highest BCUT2D eigenvalue weighted by Crippen LogP contribution is 2.23. The van der Waals surface area contributed by atoms with E-state index in [2.05, 4.69) is 15.0 Å². The molecule has 0 unspecified atom stereocenters. The molecule has 2 heterocycles. The zero-order chi connectivity index (χ0) is 22.3. The number of hydrogen-bond donors (Lipinski definition) is 3. The van der Waals surface area contributed by atoms with Crippen LogP contribution in [0.25, 0.3) is 0 Å². The van der Waals surface area contributed by atoms with Crippen molar-refractivity contribution in [3.63, 3.8) is 0 Å². The van der Waals surface area contributed by atoms with Crippen molar-refractivity contribution in [2.75, 3.05) is 13.2 Å². The second-order valence-electron chi connectivity index (χ2n) is 7.76. The summed E-state index contributed by atoms with van der Waals surface area (Å²) in [6.45, 7) is 2.06. The lowest BCUT2D eigenvalue weighted by Crippen LogP contribution is -2.51. The molecule has 1 aliphatic heterocycles. The van der Waals surface area contributed by atoms with Crippen LogP contribution < -0.4 is 10.0 Å². The molecular formula is C22H29N3O5S. The molecule has 0 saturated carbocycles. The number of nitrogens with zero attached hydrogens (tertiary/aromatic N) is 1. The maximum Gasteiger partial charge on any atom is 0.240 e. The molecule has 1 fully saturated rings. The van der Waals surface area contributed by atoms with E-state index in [4.69, 9.17) is 4.74 Å². The molecule has 9 heteroatoms. The standard InChI is InChI=1S/C22H29N3O5S/c1-16-2-5-19(6-3-16)31(28,29)25-20-7-4-18(30-21(20)15-26)14-22(27)24-13-10-17-8-11-23-12-9-17/h2-3,5-6,8-9,11-12,18,20-21,25-26H,4,7,10,13-15H2,1H3,(H,24,27)/t18-,20-,21-/m1/s1. The molecular weight excluding hydrogens is 418 g/mol. The Kier molecular flexibility index (Phi) is 8.14. The molecule has 1 saturated heterocycles. The molecule has 168 valence electrons. The predicted octanol–water partition coefficient (Wildman–Crippen LogP) is 1.33. The molecule has 3 rings (SSSR count). The van der Waals surface area contributed by atoms with Crippen LogP contribution in [0.2, 0.25) is 0 Å². The fourth-order valence-electron chi connectivity index (χ4n) is 3.58. The summed E-state index contributed by atoms with van der Waals surface area (Å²) in [5.74, 6) is -0.130. The Bertz CT molecular complexity index is 951. The number of carbonyl (C=O) groups excluding carboxylic acids is 1. The monoisotopic (exact) mass is 447 g/mol. The van der Waals surface area contributed by atoms with Crippen molar-refractivity contribution in [3.8, 4) is 0 Å². The highest BCUT2D eigenvalue weighted by molar-refractivity contribution is 7.89. The first-order valence-electron chi connectivity index (χ1n) is 10.4. The van der Waals surface area contributed by atoms with Gasteiger partial charge in [-0.3, -0.25) is 9.78 Å². The maximum absolute atomic E-state index is 12.7. The van der Waals surface area contributed by atoms with E-state index in [1.165, 1.54) is 0 Å². The second kappa shape index (κ2) is 10.8. The first-order chi connectivity index (χ1) is 14.9. The lowest BCUT2D eigenvalue weighted by atomic mass is 9.98. The van der Waals surface area contributed by atoms with Gasteiger partial charge in [0.15, 0.2) is 0 Å². The number of aromatic nitrogens is 1. The molecule has 1 amide bonds. The minimum Gasteiger partial charge on any atom is -0.394 e. The highest BCUT2D eigenvalue weighted by atomic mass is 32.2. The molecule has 0 spiro atoms. The largest absolute Gasteiger partial charge is 0.394 e. The van der Waals surface area contributed by atoms with Gasteiger partial charge in [0.05, 0.1) is 36.2 Å². The number of rotatable bonds is 9. The number of aliphatic hydroxyl groups is 1. The lowest BCUT2D eigenvalue weighted by molar-refractivity contribution is -0.130. The Balaban J connectivity index is 1.48. The number of aliphatic hydroxyl groups excluding tert-OH is 1. The van der Waals surface area contributed by atoms with E-state index in [1.807, 2.05) is 19.1 Å². The van der Waals surface area contributed by atoms with Crippen LogP contribution in [0.4, 0.5) is 0 Å². The van der Waals surface area contributed by atoms with Gasteiger partial charge in [0.2, 0.25) is 15.9 Å². The van der Waals surface area contributed by atoms with E-state index in [0.717, 1.165) is 11.1 Å². The van der Waals surface area contributed by atoms with Crippen molar-refractivity contribution in [3.05, 3.63) is 59.9 Å². The average molecular weight is 448 g/mol. The quantitative estimate of drug-likeness (QED) is 0.534. The van der Waals surface area contributed by atoms with Gasteiger partial charge in [0, 0.05) is 18.9 Å². The van der Waals surface area contributed by atoms with Crippen molar-refractivity contribution in [1.82, 2.24) is 15.0 Å². The minimum atomic E-state index is -3.72. The summed E-state index contributed by atoms with van der Waals surface area (Å²) in [7, 11) is -3.72. The molecule has 3 N–H and O–H groups in total. The van der Waals surface area contributed by atoms with Crippen molar-refractivity contribution < 1.29 is 23.1 Å². The molecule has 1 aliphatic rings. The van der Waals surface area contributed by atoms with Crippen LogP contribution in [0, 0.1) is 6.92 Å². The van der Waals surface area contributed by atoms with Crippen LogP contribution in [-0.2, 0) is 26.0 Å². The molecule has 31 heavy (non-hydrogen) atoms. The second-order valence-corrected chi connectivity index (χ2v) is 9.47. The third-order valence-corrected chi connectivity index (χ3v) is 6.84. The smallest absolute Gasteiger partial charge is 0.240 e. The van der Waals surface area contributed by atoms with Crippen LogP contribution >= 0.6 is 0 Å². The molecule has 0 aliphatic carbocycles. The van der Waals surface area contributed by atoms with Gasteiger partial charge in [-0.1, -0.05) is 17.7 Å². The third kappa shape index (κ3) is 6.83. The number of benzene rings is 1. The van der Waals surface area contributed by atoms with Gasteiger partial charge < -0.3 is 15.2 Å². The molecule has 3 atom stereocenters. The number of amides is 1. The Morgan fingerprint density at radius 3 is 2.55 bits per heavy atom. The van der Waals surface area contributed by atoms with Gasteiger partial charge in [0.1, 0.15) is 0 Å². The van der Waals surface area contributed by atoms with Gasteiger partial charge in [-0.2, -0.15) is 0 Å². The fourth-order valence-corrected chi connectivity index (χ4v) is 4.87. The summed E-state index contributed by atoms with van der Waals surface area (Å²) in [6.07, 6.45) is 4.24. The Labute approximate surface area is 183 Å². The maximum atomic E-state index is 12.7. The number of sulfonamides is 1. The third-order valence-electron chi connectivity index (χ3n) is 5.33. The lowest BCUT2D eigenvalue weighted by Gasteiger charge is -2.35. The summed E-state index contributed by atoms with van der Waals surface area (Å²) in [5, 5.41) is 12.6. The van der Waals surface area contributed by atoms with Crippen LogP contribution in [0.5, 0.6) is 0 Å². The Hall–Kier alpha value is -2.33. The Morgan fingerprint density at radius 1 is 1.16 bits per heavy atom. The van der Waals surface area contributed by atoms with Gasteiger partial charge in [0.25, 0.3) is 0 Å². The number of hydrogen-bond acceptors (Lipinski definition) is 6. The molecule has 2 aromatic rings. The zero-order valence-electron chi connectivity index (χ0n) is 17.5. The van der Waals surface area contributed by atoms with Gasteiger partial charge in [-0.15, -0.1) is 0 Å². The Morgan fingerprint density at radius 2 is 1.87 bits per heavy atom. The topological polar surface area (TPSA) is 118 Å². The van der Waals surface area contributed by atoms with E-state index in [0.29, 0.717) is 25.8 Å². The molecule has 0 radical (unpaired) electrons. The number of aryl methyl sites for hydroxylation is 1. The van der Waals surface area contributed by atoms with E-state index in [-0.39, 0.29) is 29.9 Å². The van der Waals surface area contributed by atoms with E-state index < -0.39 is 22.2 Å². The van der Waals surface area contributed by atoms with Crippen LogP contribution in [-0.4, -0.2) is 55.8 Å². The van der Waals surface area contributed by atoms with Crippen LogP contribution in [0.15, 0.2) is 53.7 Å². The molecule has 1 aromatic heterocycles. The summed E-state index contributed by atoms with van der Waals surface area (Å²) in [4.78, 5) is 16.4. The first kappa shape index (κ1) is 23.3. The van der Waals surface area contributed by atoms with Crippen LogP contribution in [0.3, 0.4) is 0 Å². The summed E-state index contributed by atoms with van der Waals surface area (Å²) >= 11 is 0. The SMILES string of the molecule is Cc1ccc(S(=O)(=O)N[C@@H]2CC[C@H](CC(=O)NCCc3ccncc3)O[C@@H]2CO)cc1. The van der Waals surface area contributed by atoms with Crippen molar-refractivity contribution in [2.45, 2.75) is 55.8 Å². The average Bonchev–Trinajstić information content (AvgIpc) is 2.75. The summed E-state index contributed by atoms with van der Waals surface area (Å²) in [6, 6.07) is 9.82.